The van der Waals surface area contributed by atoms with Crippen LogP contribution < -0.4 is 14.4 Å². The van der Waals surface area contributed by atoms with Crippen molar-refractivity contribution in [2.75, 3.05) is 22.5 Å². The number of nitrogens with one attached hydrogen (secondary N) is 1. The number of anilines is 2. The summed E-state index contributed by atoms with van der Waals surface area (Å²) in [6.45, 7) is 0.0278. The standard InChI is InChI=1S/C26H21FN4O4S2/c1-35-20-6-4-5-19(13-20)29-24(32)16-36-26-28-14-23-25(30-26)21-7-2-3-8-22(21)31(37(23,33)34)15-17-9-11-18(27)12-10-17/h2-14H,15-16H2,1H3,(H,29,32). The van der Waals surface area contributed by atoms with Gasteiger partial charge in [0, 0.05) is 17.3 Å². The van der Waals surface area contributed by atoms with Gasteiger partial charge >= 0.3 is 0 Å². The molecule has 0 aliphatic carbocycles. The number of nitrogens with zero attached hydrogens (tertiary/aromatic N) is 3. The number of rotatable bonds is 7. The molecule has 0 unspecified atom stereocenters. The Morgan fingerprint density at radius 3 is 2.65 bits per heavy atom. The number of hydrogen-bond donors (Lipinski definition) is 1. The van der Waals surface area contributed by atoms with E-state index in [4.69, 9.17) is 4.74 Å². The summed E-state index contributed by atoms with van der Waals surface area (Å²) in [4.78, 5) is 21.2. The van der Waals surface area contributed by atoms with Crippen LogP contribution in [0.3, 0.4) is 0 Å². The van der Waals surface area contributed by atoms with Crippen molar-refractivity contribution < 1.29 is 22.3 Å². The molecular formula is C26H21FN4O4S2. The molecular weight excluding hydrogens is 515 g/mol. The number of benzene rings is 3. The highest BCUT2D eigenvalue weighted by atomic mass is 32.2. The lowest BCUT2D eigenvalue weighted by Gasteiger charge is -2.31. The van der Waals surface area contributed by atoms with Crippen molar-refractivity contribution in [3.63, 3.8) is 0 Å². The quantitative estimate of drug-likeness (QED) is 0.269. The first-order valence-corrected chi connectivity index (χ1v) is 13.6. The second-order valence-electron chi connectivity index (χ2n) is 8.09. The number of carbonyl (C=O) groups excluding carboxylic acids is 1. The molecule has 0 bridgehead atoms. The summed E-state index contributed by atoms with van der Waals surface area (Å²) in [7, 11) is -2.44. The molecule has 0 saturated carbocycles. The number of sulfonamides is 1. The Morgan fingerprint density at radius 2 is 1.86 bits per heavy atom. The average molecular weight is 537 g/mol. The van der Waals surface area contributed by atoms with Crippen LogP contribution in [0.1, 0.15) is 5.56 Å². The lowest BCUT2D eigenvalue weighted by atomic mass is 10.1. The van der Waals surface area contributed by atoms with E-state index < -0.39 is 15.8 Å². The molecule has 0 fully saturated rings. The number of para-hydroxylation sites is 1. The van der Waals surface area contributed by atoms with Crippen LogP contribution in [0.25, 0.3) is 11.3 Å². The van der Waals surface area contributed by atoms with E-state index in [2.05, 4.69) is 15.3 Å². The van der Waals surface area contributed by atoms with E-state index in [0.717, 1.165) is 11.8 Å². The summed E-state index contributed by atoms with van der Waals surface area (Å²) in [5.41, 5.74) is 2.59. The number of aromatic nitrogens is 2. The molecule has 1 N–H and O–H groups in total. The predicted octanol–water partition coefficient (Wildman–Crippen LogP) is 4.73. The molecule has 1 amide bonds. The van der Waals surface area contributed by atoms with Crippen LogP contribution in [0.4, 0.5) is 15.8 Å². The van der Waals surface area contributed by atoms with Crippen LogP contribution in [0.15, 0.2) is 89.0 Å². The molecule has 0 atom stereocenters. The van der Waals surface area contributed by atoms with Gasteiger partial charge in [-0.25, -0.2) is 22.8 Å². The zero-order chi connectivity index (χ0) is 26.0. The van der Waals surface area contributed by atoms with E-state index in [1.807, 2.05) is 0 Å². The third kappa shape index (κ3) is 5.13. The Kier molecular flexibility index (Phi) is 6.81. The number of carbonyl (C=O) groups is 1. The van der Waals surface area contributed by atoms with Crippen molar-refractivity contribution in [1.29, 1.82) is 0 Å². The monoisotopic (exact) mass is 536 g/mol. The molecule has 188 valence electrons. The number of thioether (sulfide) groups is 1. The fraction of sp³-hybridized carbons (Fsp3) is 0.115. The lowest BCUT2D eigenvalue weighted by molar-refractivity contribution is -0.113. The van der Waals surface area contributed by atoms with Gasteiger partial charge in [0.05, 0.1) is 37.0 Å². The second-order valence-corrected chi connectivity index (χ2v) is 10.9. The SMILES string of the molecule is COc1cccc(NC(=O)CSc2ncc3c(n2)-c2ccccc2N(Cc2ccc(F)cc2)S3(=O)=O)c1. The molecule has 37 heavy (non-hydrogen) atoms. The van der Waals surface area contributed by atoms with E-state index in [0.29, 0.717) is 28.3 Å². The van der Waals surface area contributed by atoms with Gasteiger partial charge in [-0.2, -0.15) is 0 Å². The van der Waals surface area contributed by atoms with Crippen molar-refractivity contribution in [2.45, 2.75) is 16.6 Å². The van der Waals surface area contributed by atoms with Gasteiger partial charge in [0.2, 0.25) is 5.91 Å². The third-order valence-electron chi connectivity index (χ3n) is 5.65. The summed E-state index contributed by atoms with van der Waals surface area (Å²) in [5.74, 6) is -0.0114. The van der Waals surface area contributed by atoms with Gasteiger partial charge in [0.25, 0.3) is 10.0 Å². The fourth-order valence-electron chi connectivity index (χ4n) is 3.90. The van der Waals surface area contributed by atoms with E-state index >= 15 is 0 Å². The van der Waals surface area contributed by atoms with Crippen molar-refractivity contribution in [3.05, 3.63) is 90.4 Å². The molecule has 0 spiro atoms. The van der Waals surface area contributed by atoms with Gasteiger partial charge in [-0.15, -0.1) is 0 Å². The molecule has 11 heteroatoms. The van der Waals surface area contributed by atoms with Gasteiger partial charge in [-0.3, -0.25) is 9.10 Å². The van der Waals surface area contributed by atoms with Gasteiger partial charge in [-0.1, -0.05) is 48.2 Å². The minimum Gasteiger partial charge on any atom is -0.497 e. The minimum absolute atomic E-state index is 0.0278. The Hall–Kier alpha value is -3.96. The summed E-state index contributed by atoms with van der Waals surface area (Å²) in [6, 6.07) is 19.7. The van der Waals surface area contributed by atoms with Crippen LogP contribution >= 0.6 is 11.8 Å². The molecule has 8 nitrogen and oxygen atoms in total. The number of ether oxygens (including phenoxy) is 1. The number of amides is 1. The maximum Gasteiger partial charge on any atom is 0.268 e. The van der Waals surface area contributed by atoms with E-state index in [1.54, 1.807) is 67.8 Å². The summed E-state index contributed by atoms with van der Waals surface area (Å²) >= 11 is 1.10. The molecule has 0 radical (unpaired) electrons. The minimum atomic E-state index is -3.99. The fourth-order valence-corrected chi connectivity index (χ4v) is 6.08. The highest BCUT2D eigenvalue weighted by Crippen LogP contribution is 2.42. The number of methoxy groups -OCH3 is 1. The van der Waals surface area contributed by atoms with Crippen molar-refractivity contribution in [1.82, 2.24) is 9.97 Å². The van der Waals surface area contributed by atoms with E-state index in [-0.39, 0.29) is 34.0 Å². The third-order valence-corrected chi connectivity index (χ3v) is 8.28. The molecule has 1 aromatic heterocycles. The smallest absolute Gasteiger partial charge is 0.268 e. The number of hydrogen-bond acceptors (Lipinski definition) is 7. The van der Waals surface area contributed by atoms with Gasteiger partial charge in [0.15, 0.2) is 5.16 Å². The molecule has 4 aromatic rings. The van der Waals surface area contributed by atoms with Crippen molar-refractivity contribution in [2.24, 2.45) is 0 Å². The zero-order valence-corrected chi connectivity index (χ0v) is 21.2. The van der Waals surface area contributed by atoms with Gasteiger partial charge in [-0.05, 0) is 35.9 Å². The Morgan fingerprint density at radius 1 is 1.08 bits per heavy atom. The Bertz CT molecular complexity index is 1580. The summed E-state index contributed by atoms with van der Waals surface area (Å²) in [6.07, 6.45) is 1.27. The highest BCUT2D eigenvalue weighted by molar-refractivity contribution is 7.99. The molecule has 2 heterocycles. The van der Waals surface area contributed by atoms with Crippen molar-refractivity contribution >= 4 is 39.1 Å². The predicted molar refractivity (Wildman–Crippen MR) is 140 cm³/mol. The maximum atomic E-state index is 13.6. The van der Waals surface area contributed by atoms with E-state index in [9.17, 15) is 17.6 Å². The topological polar surface area (TPSA) is 101 Å². The number of fused-ring (bicyclic) bond motifs is 3. The Labute approximate surface area is 217 Å². The van der Waals surface area contributed by atoms with Crippen molar-refractivity contribution in [3.8, 4) is 17.0 Å². The Balaban J connectivity index is 1.39. The second kappa shape index (κ2) is 10.2. The van der Waals surface area contributed by atoms with Crippen LogP contribution in [0, 0.1) is 5.82 Å². The largest absolute Gasteiger partial charge is 0.497 e. The van der Waals surface area contributed by atoms with E-state index in [1.165, 1.54) is 22.6 Å². The molecule has 1 aliphatic heterocycles. The molecule has 1 aliphatic rings. The van der Waals surface area contributed by atoms with Crippen LogP contribution in [-0.2, 0) is 21.4 Å². The maximum absolute atomic E-state index is 13.6. The molecule has 5 rings (SSSR count). The summed E-state index contributed by atoms with van der Waals surface area (Å²) in [5, 5.41) is 3.06. The first-order chi connectivity index (χ1) is 17.8. The van der Waals surface area contributed by atoms with Gasteiger partial charge < -0.3 is 10.1 Å². The van der Waals surface area contributed by atoms with Gasteiger partial charge in [0.1, 0.15) is 16.5 Å². The first kappa shape index (κ1) is 24.7. The van der Waals surface area contributed by atoms with Crippen LogP contribution in [0.2, 0.25) is 0 Å². The number of halogens is 1. The van der Waals surface area contributed by atoms with Crippen LogP contribution in [0.5, 0.6) is 5.75 Å². The summed E-state index contributed by atoms with van der Waals surface area (Å²) < 4.78 is 46.9. The zero-order valence-electron chi connectivity index (χ0n) is 19.6. The normalized spacial score (nSPS) is 13.4. The highest BCUT2D eigenvalue weighted by Gasteiger charge is 2.36. The molecule has 3 aromatic carbocycles. The average Bonchev–Trinajstić information content (AvgIpc) is 2.91. The first-order valence-electron chi connectivity index (χ1n) is 11.2. The van der Waals surface area contributed by atoms with Crippen LogP contribution in [-0.4, -0.2) is 37.2 Å². The lowest BCUT2D eigenvalue weighted by Crippen LogP contribution is -2.34. The molecule has 0 saturated heterocycles.